The molecule has 0 aliphatic heterocycles. The van der Waals surface area contributed by atoms with E-state index in [9.17, 15) is 9.59 Å². The van der Waals surface area contributed by atoms with Gasteiger partial charge in [0.1, 0.15) is 5.57 Å². The van der Waals surface area contributed by atoms with E-state index in [0.29, 0.717) is 0 Å². The van der Waals surface area contributed by atoms with Crippen LogP contribution in [0.15, 0.2) is 23.8 Å². The second-order valence-corrected chi connectivity index (χ2v) is 4.42. The van der Waals surface area contributed by atoms with Gasteiger partial charge < -0.3 is 5.11 Å². The molecule has 0 heterocycles. The molecule has 4 heteroatoms. The molecule has 1 N–H and O–H groups in total. The molecule has 0 bridgehead atoms. The summed E-state index contributed by atoms with van der Waals surface area (Å²) in [5, 5.41) is 8.60. The Bertz CT molecular complexity index is 299. The van der Waals surface area contributed by atoms with Crippen LogP contribution < -0.4 is 0 Å². The first kappa shape index (κ1) is 9.19. The lowest BCUT2D eigenvalue weighted by molar-refractivity contribution is -0.134. The standard InChI is InChI=1S/C8H7BrO3/c1-8(9)3-2-6(10)5(4-8)7(11)12/h2-4H,1H3,(H,11,12). The number of ketones is 1. The Morgan fingerprint density at radius 1 is 1.67 bits per heavy atom. The number of carboxylic acid groups (broad SMARTS) is 1. The monoisotopic (exact) mass is 230 g/mol. The number of hydrogen-bond acceptors (Lipinski definition) is 2. The van der Waals surface area contributed by atoms with E-state index in [1.54, 1.807) is 13.0 Å². The third kappa shape index (κ3) is 1.82. The number of carboxylic acids is 1. The molecular formula is C8H7BrO3. The van der Waals surface area contributed by atoms with Crippen LogP contribution in [0, 0.1) is 0 Å². The number of allylic oxidation sites excluding steroid dienone is 3. The molecule has 12 heavy (non-hydrogen) atoms. The first-order valence-electron chi connectivity index (χ1n) is 3.31. The quantitative estimate of drug-likeness (QED) is 0.546. The highest BCUT2D eigenvalue weighted by Crippen LogP contribution is 2.26. The van der Waals surface area contributed by atoms with Gasteiger partial charge in [-0.1, -0.05) is 22.0 Å². The molecule has 0 aromatic rings. The van der Waals surface area contributed by atoms with E-state index in [1.165, 1.54) is 12.2 Å². The zero-order valence-corrected chi connectivity index (χ0v) is 7.96. The van der Waals surface area contributed by atoms with E-state index >= 15 is 0 Å². The molecule has 0 radical (unpaired) electrons. The van der Waals surface area contributed by atoms with E-state index in [0.717, 1.165) is 0 Å². The molecule has 0 aromatic carbocycles. The van der Waals surface area contributed by atoms with Crippen molar-refractivity contribution < 1.29 is 14.7 Å². The van der Waals surface area contributed by atoms with Crippen molar-refractivity contribution in [3.63, 3.8) is 0 Å². The first-order valence-corrected chi connectivity index (χ1v) is 4.10. The van der Waals surface area contributed by atoms with E-state index in [1.807, 2.05) is 0 Å². The van der Waals surface area contributed by atoms with Gasteiger partial charge in [-0.05, 0) is 19.1 Å². The molecule has 1 aliphatic rings. The molecule has 0 aromatic heterocycles. The summed E-state index contributed by atoms with van der Waals surface area (Å²) >= 11 is 3.25. The maximum atomic E-state index is 11.0. The van der Waals surface area contributed by atoms with Gasteiger partial charge in [-0.25, -0.2) is 4.79 Å². The Labute approximate surface area is 77.9 Å². The van der Waals surface area contributed by atoms with Crippen LogP contribution in [0.3, 0.4) is 0 Å². The second-order valence-electron chi connectivity index (χ2n) is 2.71. The predicted molar refractivity (Wildman–Crippen MR) is 47.2 cm³/mol. The van der Waals surface area contributed by atoms with E-state index < -0.39 is 16.1 Å². The third-order valence-corrected chi connectivity index (χ3v) is 1.98. The first-order chi connectivity index (χ1) is 5.42. The van der Waals surface area contributed by atoms with Crippen LogP contribution >= 0.6 is 15.9 Å². The Balaban J connectivity index is 3.07. The fourth-order valence-corrected chi connectivity index (χ4v) is 1.26. The Hall–Kier alpha value is -0.900. The van der Waals surface area contributed by atoms with Gasteiger partial charge in [-0.2, -0.15) is 0 Å². The normalized spacial score (nSPS) is 28.5. The lowest BCUT2D eigenvalue weighted by Gasteiger charge is -2.16. The van der Waals surface area contributed by atoms with Crippen molar-refractivity contribution in [2.75, 3.05) is 0 Å². The molecule has 0 fully saturated rings. The van der Waals surface area contributed by atoms with Crippen molar-refractivity contribution in [3.05, 3.63) is 23.8 Å². The summed E-state index contributed by atoms with van der Waals surface area (Å²) in [6, 6.07) is 0. The van der Waals surface area contributed by atoms with E-state index in [2.05, 4.69) is 15.9 Å². The average molecular weight is 231 g/mol. The minimum Gasteiger partial charge on any atom is -0.478 e. The number of alkyl halides is 1. The van der Waals surface area contributed by atoms with Gasteiger partial charge in [0.05, 0.1) is 4.32 Å². The van der Waals surface area contributed by atoms with Gasteiger partial charge in [0.15, 0.2) is 5.78 Å². The van der Waals surface area contributed by atoms with Crippen LogP contribution in [0.2, 0.25) is 0 Å². The largest absolute Gasteiger partial charge is 0.478 e. The second kappa shape index (κ2) is 2.86. The molecule has 1 unspecified atom stereocenters. The number of carbonyl (C=O) groups excluding carboxylic acids is 1. The number of rotatable bonds is 1. The zero-order chi connectivity index (χ0) is 9.35. The van der Waals surface area contributed by atoms with Crippen LogP contribution in [0.4, 0.5) is 0 Å². The van der Waals surface area contributed by atoms with Gasteiger partial charge in [-0.3, -0.25) is 4.79 Å². The minimum absolute atomic E-state index is 0.183. The number of aliphatic carboxylic acids is 1. The van der Waals surface area contributed by atoms with Crippen molar-refractivity contribution >= 4 is 27.7 Å². The molecule has 64 valence electrons. The third-order valence-electron chi connectivity index (χ3n) is 1.48. The highest BCUT2D eigenvalue weighted by atomic mass is 79.9. The summed E-state index contributed by atoms with van der Waals surface area (Å²) in [4.78, 5) is 21.5. The predicted octanol–water partition coefficient (Wildman–Crippen LogP) is 1.29. The molecule has 1 atom stereocenters. The zero-order valence-electron chi connectivity index (χ0n) is 6.37. The van der Waals surface area contributed by atoms with Crippen molar-refractivity contribution in [2.24, 2.45) is 0 Å². The summed E-state index contributed by atoms with van der Waals surface area (Å²) in [5.41, 5.74) is -0.183. The number of halogens is 1. The molecule has 0 saturated carbocycles. The summed E-state index contributed by atoms with van der Waals surface area (Å²) in [5.74, 6) is -1.64. The van der Waals surface area contributed by atoms with Crippen molar-refractivity contribution in [3.8, 4) is 0 Å². The van der Waals surface area contributed by atoms with Crippen LogP contribution in [0.1, 0.15) is 6.92 Å². The Morgan fingerprint density at radius 3 is 2.67 bits per heavy atom. The summed E-state index contributed by atoms with van der Waals surface area (Å²) in [6.07, 6.45) is 4.26. The lowest BCUT2D eigenvalue weighted by Crippen LogP contribution is -2.21. The number of carbonyl (C=O) groups is 2. The maximum Gasteiger partial charge on any atom is 0.339 e. The van der Waals surface area contributed by atoms with Gasteiger partial charge in [0, 0.05) is 0 Å². The summed E-state index contributed by atoms with van der Waals surface area (Å²) in [6.45, 7) is 1.76. The fourth-order valence-electron chi connectivity index (χ4n) is 0.897. The highest BCUT2D eigenvalue weighted by molar-refractivity contribution is 9.10. The molecule has 3 nitrogen and oxygen atoms in total. The molecule has 1 aliphatic carbocycles. The molecular weight excluding hydrogens is 224 g/mol. The van der Waals surface area contributed by atoms with Crippen molar-refractivity contribution in [1.29, 1.82) is 0 Å². The molecule has 0 spiro atoms. The van der Waals surface area contributed by atoms with Crippen LogP contribution in [-0.2, 0) is 9.59 Å². The van der Waals surface area contributed by atoms with E-state index in [-0.39, 0.29) is 5.57 Å². The van der Waals surface area contributed by atoms with E-state index in [4.69, 9.17) is 5.11 Å². The smallest absolute Gasteiger partial charge is 0.339 e. The lowest BCUT2D eigenvalue weighted by atomic mass is 9.97. The molecule has 0 saturated heterocycles. The van der Waals surface area contributed by atoms with Gasteiger partial charge in [0.2, 0.25) is 0 Å². The Morgan fingerprint density at radius 2 is 2.25 bits per heavy atom. The maximum absolute atomic E-state index is 11.0. The number of hydrogen-bond donors (Lipinski definition) is 1. The molecule has 0 amide bonds. The van der Waals surface area contributed by atoms with Gasteiger partial charge in [-0.15, -0.1) is 0 Å². The van der Waals surface area contributed by atoms with Crippen LogP contribution in [-0.4, -0.2) is 21.2 Å². The SMILES string of the molecule is CC1(Br)C=CC(=O)C(C(=O)O)=C1. The fraction of sp³-hybridized carbons (Fsp3) is 0.250. The van der Waals surface area contributed by atoms with Crippen molar-refractivity contribution in [1.82, 2.24) is 0 Å². The van der Waals surface area contributed by atoms with Gasteiger partial charge in [0.25, 0.3) is 0 Å². The van der Waals surface area contributed by atoms with Crippen molar-refractivity contribution in [2.45, 2.75) is 11.2 Å². The summed E-state index contributed by atoms with van der Waals surface area (Å²) < 4.78 is -0.519. The van der Waals surface area contributed by atoms with Crippen LogP contribution in [0.5, 0.6) is 0 Å². The van der Waals surface area contributed by atoms with Gasteiger partial charge >= 0.3 is 5.97 Å². The van der Waals surface area contributed by atoms with Crippen LogP contribution in [0.25, 0.3) is 0 Å². The topological polar surface area (TPSA) is 54.4 Å². The minimum atomic E-state index is -1.19. The molecule has 1 rings (SSSR count). The summed E-state index contributed by atoms with van der Waals surface area (Å²) in [7, 11) is 0. The highest BCUT2D eigenvalue weighted by Gasteiger charge is 2.25. The average Bonchev–Trinajstić information content (AvgIpc) is 1.94. The Kier molecular flexibility index (Phi) is 2.19.